The second kappa shape index (κ2) is 7.18. The average Bonchev–Trinajstić information content (AvgIpc) is 2.61. The van der Waals surface area contributed by atoms with Gasteiger partial charge in [-0.2, -0.15) is 0 Å². The van der Waals surface area contributed by atoms with E-state index in [1.165, 1.54) is 12.1 Å². The Morgan fingerprint density at radius 1 is 1.15 bits per heavy atom. The van der Waals surface area contributed by atoms with Crippen LogP contribution in [0.25, 0.3) is 10.9 Å². The predicted molar refractivity (Wildman–Crippen MR) is 94.6 cm³/mol. The highest BCUT2D eigenvalue weighted by Crippen LogP contribution is 2.17. The summed E-state index contributed by atoms with van der Waals surface area (Å²) in [6.45, 7) is 1.12. The minimum atomic E-state index is -0.813. The summed E-state index contributed by atoms with van der Waals surface area (Å²) in [7, 11) is 0. The van der Waals surface area contributed by atoms with Gasteiger partial charge in [-0.1, -0.05) is 24.3 Å². The molecule has 0 atom stereocenters. The quantitative estimate of drug-likeness (QED) is 0.705. The van der Waals surface area contributed by atoms with Gasteiger partial charge in [-0.15, -0.1) is 0 Å². The average molecular weight is 354 g/mol. The molecule has 7 heteroatoms. The summed E-state index contributed by atoms with van der Waals surface area (Å²) in [4.78, 5) is 38.4. The molecule has 1 amide bonds. The van der Waals surface area contributed by atoms with Crippen LogP contribution in [-0.4, -0.2) is 23.5 Å². The number of aromatic nitrogens is 1. The van der Waals surface area contributed by atoms with Crippen LogP contribution in [0, 0.1) is 12.7 Å². The number of nitrogens with one attached hydrogen (secondary N) is 2. The van der Waals surface area contributed by atoms with Gasteiger partial charge in [-0.3, -0.25) is 9.59 Å². The lowest BCUT2D eigenvalue weighted by atomic mass is 10.1. The zero-order valence-electron chi connectivity index (χ0n) is 13.8. The smallest absolute Gasteiger partial charge is 0.339 e. The van der Waals surface area contributed by atoms with Crippen LogP contribution in [0.4, 0.5) is 10.1 Å². The topological polar surface area (TPSA) is 88.3 Å². The molecule has 0 fully saturated rings. The zero-order valence-corrected chi connectivity index (χ0v) is 13.8. The number of carbonyl (C=O) groups excluding carboxylic acids is 2. The van der Waals surface area contributed by atoms with Gasteiger partial charge in [0.15, 0.2) is 6.61 Å². The van der Waals surface area contributed by atoms with Gasteiger partial charge in [0.25, 0.3) is 5.91 Å². The maximum atomic E-state index is 13.7. The number of para-hydroxylation sites is 1. The van der Waals surface area contributed by atoms with Crippen molar-refractivity contribution in [3.63, 3.8) is 0 Å². The van der Waals surface area contributed by atoms with E-state index in [-0.39, 0.29) is 11.3 Å². The lowest BCUT2D eigenvalue weighted by Crippen LogP contribution is -2.22. The van der Waals surface area contributed by atoms with Crippen molar-refractivity contribution in [1.82, 2.24) is 4.98 Å². The molecule has 3 aromatic rings. The Kier molecular flexibility index (Phi) is 4.79. The molecular weight excluding hydrogens is 339 g/mol. The number of rotatable bonds is 4. The number of carbonyl (C=O) groups is 2. The molecule has 0 spiro atoms. The minimum absolute atomic E-state index is 0.00162. The zero-order chi connectivity index (χ0) is 18.7. The van der Waals surface area contributed by atoms with Gasteiger partial charge >= 0.3 is 5.97 Å². The van der Waals surface area contributed by atoms with Gasteiger partial charge < -0.3 is 15.0 Å². The molecular formula is C19H15FN2O4. The number of hydrogen-bond acceptors (Lipinski definition) is 4. The van der Waals surface area contributed by atoms with Crippen LogP contribution < -0.4 is 10.9 Å². The molecule has 6 nitrogen and oxygen atoms in total. The molecule has 0 bridgehead atoms. The van der Waals surface area contributed by atoms with Crippen molar-refractivity contribution in [2.75, 3.05) is 11.9 Å². The summed E-state index contributed by atoms with van der Waals surface area (Å²) in [5.74, 6) is -2.08. The summed E-state index contributed by atoms with van der Waals surface area (Å²) in [5, 5.41) is 2.84. The Labute approximate surface area is 147 Å². The first-order valence-corrected chi connectivity index (χ1v) is 7.79. The Morgan fingerprint density at radius 2 is 1.92 bits per heavy atom. The van der Waals surface area contributed by atoms with Crippen LogP contribution in [0.15, 0.2) is 53.3 Å². The molecule has 2 aromatic carbocycles. The number of esters is 1. The first-order valence-electron chi connectivity index (χ1n) is 7.79. The normalized spacial score (nSPS) is 10.5. The van der Waals surface area contributed by atoms with E-state index in [1.807, 2.05) is 0 Å². The number of aromatic amines is 1. The fourth-order valence-corrected chi connectivity index (χ4v) is 2.49. The highest BCUT2D eigenvalue weighted by atomic mass is 19.1. The summed E-state index contributed by atoms with van der Waals surface area (Å²) in [5.41, 5.74) is 0.796. The van der Waals surface area contributed by atoms with Gasteiger partial charge in [0.2, 0.25) is 5.56 Å². The number of ether oxygens (including phenoxy) is 1. The molecule has 2 N–H and O–H groups in total. The fourth-order valence-electron chi connectivity index (χ4n) is 2.49. The third-order valence-corrected chi connectivity index (χ3v) is 3.70. The first kappa shape index (κ1) is 17.3. The summed E-state index contributed by atoms with van der Waals surface area (Å²) in [6, 6.07) is 12.2. The molecule has 0 unspecified atom stereocenters. The molecule has 0 saturated carbocycles. The molecule has 3 rings (SSSR count). The van der Waals surface area contributed by atoms with E-state index in [2.05, 4.69) is 10.3 Å². The standard InChI is InChI=1S/C19H15FN2O4/c1-11-6-7-16(14(20)8-11)22-18(24)10-26-19(25)13-9-17(23)21-15-5-3-2-4-12(13)15/h2-9H,10H2,1H3,(H,21,23)(H,22,24). The van der Waals surface area contributed by atoms with Crippen molar-refractivity contribution >= 4 is 28.5 Å². The van der Waals surface area contributed by atoms with Crippen LogP contribution in [-0.2, 0) is 9.53 Å². The number of anilines is 1. The van der Waals surface area contributed by atoms with Gasteiger partial charge in [-0.25, -0.2) is 9.18 Å². The number of amides is 1. The summed E-state index contributed by atoms with van der Waals surface area (Å²) >= 11 is 0. The lowest BCUT2D eigenvalue weighted by molar-refractivity contribution is -0.119. The molecule has 0 saturated heterocycles. The van der Waals surface area contributed by atoms with E-state index in [9.17, 15) is 18.8 Å². The fraction of sp³-hybridized carbons (Fsp3) is 0.105. The van der Waals surface area contributed by atoms with Crippen LogP contribution in [0.5, 0.6) is 0 Å². The van der Waals surface area contributed by atoms with Crippen molar-refractivity contribution in [2.24, 2.45) is 0 Å². The maximum absolute atomic E-state index is 13.7. The van der Waals surface area contributed by atoms with E-state index in [0.717, 1.165) is 6.07 Å². The Bertz CT molecular complexity index is 1060. The summed E-state index contributed by atoms with van der Waals surface area (Å²) < 4.78 is 18.7. The Hall–Kier alpha value is -3.48. The third kappa shape index (κ3) is 3.77. The third-order valence-electron chi connectivity index (χ3n) is 3.70. The van der Waals surface area contributed by atoms with Crippen LogP contribution in [0.2, 0.25) is 0 Å². The second-order valence-corrected chi connectivity index (χ2v) is 5.70. The van der Waals surface area contributed by atoms with Crippen molar-refractivity contribution in [3.8, 4) is 0 Å². The van der Waals surface area contributed by atoms with E-state index in [4.69, 9.17) is 4.74 Å². The van der Waals surface area contributed by atoms with Crippen molar-refractivity contribution < 1.29 is 18.7 Å². The molecule has 1 heterocycles. The molecule has 0 aliphatic heterocycles. The largest absolute Gasteiger partial charge is 0.452 e. The van der Waals surface area contributed by atoms with Crippen molar-refractivity contribution in [2.45, 2.75) is 6.92 Å². The molecule has 0 aliphatic rings. The molecule has 0 radical (unpaired) electrons. The minimum Gasteiger partial charge on any atom is -0.452 e. The number of H-pyrrole nitrogens is 1. The molecule has 0 aliphatic carbocycles. The maximum Gasteiger partial charge on any atom is 0.339 e. The van der Waals surface area contributed by atoms with E-state index >= 15 is 0 Å². The number of pyridine rings is 1. The van der Waals surface area contributed by atoms with Gasteiger partial charge in [-0.05, 0) is 30.7 Å². The Balaban J connectivity index is 1.71. The molecule has 132 valence electrons. The molecule has 1 aromatic heterocycles. The first-order chi connectivity index (χ1) is 12.4. The van der Waals surface area contributed by atoms with Crippen LogP contribution >= 0.6 is 0 Å². The predicted octanol–water partition coefficient (Wildman–Crippen LogP) is 2.77. The lowest BCUT2D eigenvalue weighted by Gasteiger charge is -2.09. The number of hydrogen-bond donors (Lipinski definition) is 2. The van der Waals surface area contributed by atoms with E-state index < -0.39 is 29.9 Å². The number of aryl methyl sites for hydroxylation is 1. The number of fused-ring (bicyclic) bond motifs is 1. The summed E-state index contributed by atoms with van der Waals surface area (Å²) in [6.07, 6.45) is 0. The van der Waals surface area contributed by atoms with Crippen LogP contribution in [0.1, 0.15) is 15.9 Å². The highest BCUT2D eigenvalue weighted by Gasteiger charge is 2.15. The Morgan fingerprint density at radius 3 is 2.69 bits per heavy atom. The van der Waals surface area contributed by atoms with Crippen molar-refractivity contribution in [1.29, 1.82) is 0 Å². The van der Waals surface area contributed by atoms with Crippen LogP contribution in [0.3, 0.4) is 0 Å². The SMILES string of the molecule is Cc1ccc(NC(=O)COC(=O)c2cc(=O)[nH]c3ccccc23)c(F)c1. The van der Waals surface area contributed by atoms with Gasteiger partial charge in [0.1, 0.15) is 5.82 Å². The highest BCUT2D eigenvalue weighted by molar-refractivity contribution is 6.04. The number of halogens is 1. The van der Waals surface area contributed by atoms with E-state index in [0.29, 0.717) is 16.5 Å². The number of benzene rings is 2. The molecule has 26 heavy (non-hydrogen) atoms. The van der Waals surface area contributed by atoms with Gasteiger partial charge in [0.05, 0.1) is 11.3 Å². The monoisotopic (exact) mass is 354 g/mol. The van der Waals surface area contributed by atoms with Gasteiger partial charge in [0, 0.05) is 17.0 Å². The van der Waals surface area contributed by atoms with E-state index in [1.54, 1.807) is 37.3 Å². The second-order valence-electron chi connectivity index (χ2n) is 5.70. The van der Waals surface area contributed by atoms with Crippen molar-refractivity contribution in [3.05, 3.63) is 75.8 Å².